The Morgan fingerprint density at radius 2 is 2.15 bits per heavy atom. The molecule has 0 amide bonds. The molecule has 3 heterocycles. The van der Waals surface area contributed by atoms with E-state index in [1.54, 1.807) is 35.3 Å². The van der Waals surface area contributed by atoms with Crippen molar-refractivity contribution < 1.29 is 14.6 Å². The average Bonchev–Trinajstić information content (AvgIpc) is 3.15. The zero-order valence-electron chi connectivity index (χ0n) is 14.2. The lowest BCUT2D eigenvalue weighted by atomic mass is 9.76. The fourth-order valence-corrected chi connectivity index (χ4v) is 4.28. The molecule has 1 saturated heterocycles. The molecule has 2 unspecified atom stereocenters. The molecule has 1 fully saturated rings. The van der Waals surface area contributed by atoms with Gasteiger partial charge in [0.15, 0.2) is 5.60 Å². The smallest absolute Gasteiger partial charge is 0.336 e. The molecule has 0 saturated carbocycles. The van der Waals surface area contributed by atoms with Crippen LogP contribution in [0.4, 0.5) is 5.95 Å². The van der Waals surface area contributed by atoms with Gasteiger partial charge in [0.05, 0.1) is 15.7 Å². The number of nitrogens with zero attached hydrogens (tertiary/aromatic N) is 4. The number of aromatic nitrogens is 3. The van der Waals surface area contributed by atoms with Crippen molar-refractivity contribution in [1.29, 1.82) is 0 Å². The second kappa shape index (κ2) is 6.62. The van der Waals surface area contributed by atoms with Crippen LogP contribution in [0, 0.1) is 0 Å². The minimum Gasteiger partial charge on any atom is -0.479 e. The third-order valence-corrected chi connectivity index (χ3v) is 5.85. The molecule has 26 heavy (non-hydrogen) atoms. The number of hydrogen-bond acceptors (Lipinski definition) is 7. The Hall–Kier alpha value is -2.58. The molecular weight excluding hydrogens is 352 g/mol. The highest BCUT2D eigenvalue weighted by molar-refractivity contribution is 7.16. The summed E-state index contributed by atoms with van der Waals surface area (Å²) in [6.45, 7) is 0.972. The van der Waals surface area contributed by atoms with Gasteiger partial charge in [-0.3, -0.25) is 0 Å². The van der Waals surface area contributed by atoms with Crippen LogP contribution in [0.5, 0.6) is 0 Å². The van der Waals surface area contributed by atoms with Crippen LogP contribution in [0.2, 0.25) is 0 Å². The van der Waals surface area contributed by atoms with Gasteiger partial charge in [0.2, 0.25) is 5.95 Å². The first-order valence-electron chi connectivity index (χ1n) is 8.28. The molecule has 0 bridgehead atoms. The summed E-state index contributed by atoms with van der Waals surface area (Å²) in [6, 6.07) is 7.68. The molecular formula is C18H18N4O3S. The van der Waals surface area contributed by atoms with Crippen LogP contribution in [-0.2, 0) is 9.53 Å². The molecule has 1 aliphatic heterocycles. The molecule has 8 heteroatoms. The standard InChI is InChI=1S/C18H18N4O3S/c1-25-18(16(23)24)5-8-22(17-19-6-2-7-20-17)10-13(18)12-3-4-15-14(9-12)21-11-26-15/h2-4,6-7,9,11,13H,5,8,10H2,1H3,(H,23,24). The summed E-state index contributed by atoms with van der Waals surface area (Å²) in [5.74, 6) is -0.715. The van der Waals surface area contributed by atoms with E-state index in [-0.39, 0.29) is 5.92 Å². The zero-order chi connectivity index (χ0) is 18.1. The van der Waals surface area contributed by atoms with Gasteiger partial charge in [-0.15, -0.1) is 11.3 Å². The van der Waals surface area contributed by atoms with Gasteiger partial charge in [-0.05, 0) is 23.8 Å². The van der Waals surface area contributed by atoms with Crippen LogP contribution in [0.1, 0.15) is 17.9 Å². The van der Waals surface area contributed by atoms with Crippen LogP contribution in [0.15, 0.2) is 42.2 Å². The monoisotopic (exact) mass is 370 g/mol. The molecule has 4 rings (SSSR count). The van der Waals surface area contributed by atoms with Crippen LogP contribution >= 0.6 is 11.3 Å². The van der Waals surface area contributed by atoms with E-state index in [0.717, 1.165) is 15.8 Å². The van der Waals surface area contributed by atoms with E-state index in [4.69, 9.17) is 4.74 Å². The number of carboxylic acids is 1. The Morgan fingerprint density at radius 1 is 1.35 bits per heavy atom. The molecule has 1 N–H and O–H groups in total. The lowest BCUT2D eigenvalue weighted by molar-refractivity contribution is -0.167. The number of carboxylic acid groups (broad SMARTS) is 1. The summed E-state index contributed by atoms with van der Waals surface area (Å²) in [5.41, 5.74) is 2.28. The Labute approximate surface area is 154 Å². The molecule has 0 aliphatic carbocycles. The number of fused-ring (bicyclic) bond motifs is 1. The lowest BCUT2D eigenvalue weighted by Gasteiger charge is -2.44. The van der Waals surface area contributed by atoms with Crippen LogP contribution in [0.25, 0.3) is 10.2 Å². The summed E-state index contributed by atoms with van der Waals surface area (Å²) in [7, 11) is 1.47. The molecule has 1 aromatic carbocycles. The van der Waals surface area contributed by atoms with Crippen molar-refractivity contribution in [1.82, 2.24) is 15.0 Å². The first-order valence-corrected chi connectivity index (χ1v) is 9.15. The maximum atomic E-state index is 12.2. The predicted octanol–water partition coefficient (Wildman–Crippen LogP) is 2.55. The third-order valence-electron chi connectivity index (χ3n) is 5.04. The van der Waals surface area contributed by atoms with Gasteiger partial charge in [0, 0.05) is 44.9 Å². The van der Waals surface area contributed by atoms with E-state index < -0.39 is 11.6 Å². The highest BCUT2D eigenvalue weighted by atomic mass is 32.1. The fraction of sp³-hybridized carbons (Fsp3) is 0.333. The lowest BCUT2D eigenvalue weighted by Crippen LogP contribution is -2.56. The minimum atomic E-state index is -1.28. The molecule has 134 valence electrons. The van der Waals surface area contributed by atoms with Gasteiger partial charge < -0.3 is 14.7 Å². The van der Waals surface area contributed by atoms with Crippen molar-refractivity contribution in [3.8, 4) is 0 Å². The molecule has 7 nitrogen and oxygen atoms in total. The van der Waals surface area contributed by atoms with Gasteiger partial charge in [0.1, 0.15) is 0 Å². The number of thiazole rings is 1. The van der Waals surface area contributed by atoms with Crippen LogP contribution < -0.4 is 4.90 Å². The second-order valence-electron chi connectivity index (χ2n) is 6.28. The predicted molar refractivity (Wildman–Crippen MR) is 98.6 cm³/mol. The number of carbonyl (C=O) groups is 1. The van der Waals surface area contributed by atoms with E-state index in [0.29, 0.717) is 25.5 Å². The van der Waals surface area contributed by atoms with E-state index in [2.05, 4.69) is 15.0 Å². The van der Waals surface area contributed by atoms with Crippen LogP contribution in [-0.4, -0.2) is 51.8 Å². The second-order valence-corrected chi connectivity index (χ2v) is 7.16. The Morgan fingerprint density at radius 3 is 2.88 bits per heavy atom. The highest BCUT2D eigenvalue weighted by Gasteiger charge is 2.51. The largest absolute Gasteiger partial charge is 0.479 e. The fourth-order valence-electron chi connectivity index (χ4n) is 3.62. The van der Waals surface area contributed by atoms with Gasteiger partial charge in [-0.2, -0.15) is 0 Å². The first-order chi connectivity index (χ1) is 12.6. The van der Waals surface area contributed by atoms with Crippen molar-refractivity contribution in [2.75, 3.05) is 25.1 Å². The summed E-state index contributed by atoms with van der Waals surface area (Å²) in [6.07, 6.45) is 3.72. The van der Waals surface area contributed by atoms with Crippen molar-refractivity contribution in [2.24, 2.45) is 0 Å². The van der Waals surface area contributed by atoms with Crippen molar-refractivity contribution >= 4 is 33.5 Å². The molecule has 2 aromatic heterocycles. The highest BCUT2D eigenvalue weighted by Crippen LogP contribution is 2.40. The number of piperidine rings is 1. The normalized spacial score (nSPS) is 23.3. The number of benzene rings is 1. The Balaban J connectivity index is 1.77. The summed E-state index contributed by atoms with van der Waals surface area (Å²) in [4.78, 5) is 27.1. The maximum Gasteiger partial charge on any atom is 0.336 e. The maximum absolute atomic E-state index is 12.2. The third kappa shape index (κ3) is 2.71. The van der Waals surface area contributed by atoms with Gasteiger partial charge >= 0.3 is 5.97 Å². The van der Waals surface area contributed by atoms with Crippen molar-refractivity contribution in [3.05, 3.63) is 47.7 Å². The summed E-state index contributed by atoms with van der Waals surface area (Å²) in [5, 5.41) is 9.96. The molecule has 3 aromatic rings. The summed E-state index contributed by atoms with van der Waals surface area (Å²) >= 11 is 1.56. The number of aliphatic carboxylic acids is 1. The number of rotatable bonds is 4. The average molecular weight is 370 g/mol. The van der Waals surface area contributed by atoms with Gasteiger partial charge in [-0.25, -0.2) is 19.7 Å². The first kappa shape index (κ1) is 16.9. The molecule has 1 aliphatic rings. The van der Waals surface area contributed by atoms with Crippen molar-refractivity contribution in [2.45, 2.75) is 17.9 Å². The number of hydrogen-bond donors (Lipinski definition) is 1. The van der Waals surface area contributed by atoms with E-state index in [1.807, 2.05) is 23.1 Å². The Bertz CT molecular complexity index is 932. The zero-order valence-corrected chi connectivity index (χ0v) is 15.0. The van der Waals surface area contributed by atoms with E-state index >= 15 is 0 Å². The summed E-state index contributed by atoms with van der Waals surface area (Å²) < 4.78 is 6.68. The molecule has 0 radical (unpaired) electrons. The molecule has 2 atom stereocenters. The SMILES string of the molecule is COC1(C(=O)O)CCN(c2ncccn2)CC1c1ccc2scnc2c1. The number of methoxy groups -OCH3 is 1. The topological polar surface area (TPSA) is 88.4 Å². The quantitative estimate of drug-likeness (QED) is 0.755. The van der Waals surface area contributed by atoms with Crippen molar-refractivity contribution in [3.63, 3.8) is 0 Å². The van der Waals surface area contributed by atoms with Gasteiger partial charge in [0.25, 0.3) is 0 Å². The van der Waals surface area contributed by atoms with Crippen LogP contribution in [0.3, 0.4) is 0 Å². The van der Waals surface area contributed by atoms with E-state index in [9.17, 15) is 9.90 Å². The Kier molecular flexibility index (Phi) is 4.29. The minimum absolute atomic E-state index is 0.344. The van der Waals surface area contributed by atoms with E-state index in [1.165, 1.54) is 7.11 Å². The number of anilines is 1. The van der Waals surface area contributed by atoms with Gasteiger partial charge in [-0.1, -0.05) is 6.07 Å². The number of ether oxygens (including phenoxy) is 1. The molecule has 0 spiro atoms.